The van der Waals surface area contributed by atoms with Crippen LogP contribution >= 0.6 is 24.8 Å². The molecule has 0 aromatic carbocycles. The van der Waals surface area contributed by atoms with E-state index >= 15 is 0 Å². The van der Waals surface area contributed by atoms with E-state index in [0.717, 1.165) is 6.42 Å². The minimum Gasteiger partial charge on any atom is -0.390 e. The Bertz CT molecular complexity index is 40.2. The van der Waals surface area contributed by atoms with Crippen molar-refractivity contribution in [3.8, 4) is 0 Å². The van der Waals surface area contributed by atoms with Gasteiger partial charge in [-0.05, 0) is 20.3 Å². The zero-order valence-electron chi connectivity index (χ0n) is 5.47. The number of aliphatic hydroxyl groups is 1. The van der Waals surface area contributed by atoms with Crippen LogP contribution in [0.1, 0.15) is 27.2 Å². The van der Waals surface area contributed by atoms with E-state index in [1.807, 2.05) is 6.92 Å². The SMILES string of the molecule is CCC(C)(C)O.Cl.Cl. The second-order valence-corrected chi connectivity index (χ2v) is 2.17. The van der Waals surface area contributed by atoms with Crippen LogP contribution in [-0.4, -0.2) is 10.7 Å². The lowest BCUT2D eigenvalue weighted by molar-refractivity contribution is 0.0765. The highest BCUT2D eigenvalue weighted by Crippen LogP contribution is 2.03. The molecule has 0 aliphatic heterocycles. The molecule has 8 heavy (non-hydrogen) atoms. The Morgan fingerprint density at radius 2 is 1.38 bits per heavy atom. The molecule has 0 saturated heterocycles. The van der Waals surface area contributed by atoms with Crippen molar-refractivity contribution >= 4 is 24.8 Å². The van der Waals surface area contributed by atoms with E-state index in [1.165, 1.54) is 0 Å². The zero-order chi connectivity index (χ0) is 5.21. The third-order valence-electron chi connectivity index (χ3n) is 0.865. The Kier molecular flexibility index (Phi) is 11.2. The summed E-state index contributed by atoms with van der Waals surface area (Å²) in [6.45, 7) is 5.56. The molecule has 0 aromatic heterocycles. The molecule has 0 aliphatic rings. The fourth-order valence-electron chi connectivity index (χ4n) is 0. The standard InChI is InChI=1S/C5H12O.2ClH/c1-4-5(2,3)6;;/h6H,4H2,1-3H3;2*1H. The summed E-state index contributed by atoms with van der Waals surface area (Å²) in [5, 5.41) is 8.83. The first-order valence-electron chi connectivity index (χ1n) is 2.28. The van der Waals surface area contributed by atoms with E-state index in [9.17, 15) is 0 Å². The molecule has 0 unspecified atom stereocenters. The van der Waals surface area contributed by atoms with Crippen molar-refractivity contribution in [2.45, 2.75) is 32.8 Å². The fraction of sp³-hybridized carbons (Fsp3) is 1.00. The van der Waals surface area contributed by atoms with E-state index in [-0.39, 0.29) is 24.8 Å². The highest BCUT2D eigenvalue weighted by atomic mass is 35.5. The molecule has 0 bridgehead atoms. The molecule has 3 heteroatoms. The maximum absolute atomic E-state index is 8.83. The monoisotopic (exact) mass is 160 g/mol. The topological polar surface area (TPSA) is 20.2 Å². The van der Waals surface area contributed by atoms with Crippen LogP contribution in [0.4, 0.5) is 0 Å². The smallest absolute Gasteiger partial charge is 0.0589 e. The van der Waals surface area contributed by atoms with Gasteiger partial charge in [0.05, 0.1) is 5.60 Å². The molecule has 0 amide bonds. The Labute approximate surface area is 63.3 Å². The van der Waals surface area contributed by atoms with Gasteiger partial charge in [0.2, 0.25) is 0 Å². The minimum absolute atomic E-state index is 0. The maximum atomic E-state index is 8.83. The number of halogens is 2. The van der Waals surface area contributed by atoms with E-state index in [1.54, 1.807) is 13.8 Å². The first-order valence-corrected chi connectivity index (χ1v) is 2.28. The van der Waals surface area contributed by atoms with Gasteiger partial charge < -0.3 is 5.11 Å². The van der Waals surface area contributed by atoms with Gasteiger partial charge in [-0.15, -0.1) is 24.8 Å². The molecular formula is C5H14Cl2O. The highest BCUT2D eigenvalue weighted by Gasteiger charge is 2.05. The van der Waals surface area contributed by atoms with Gasteiger partial charge in [0, 0.05) is 0 Å². The van der Waals surface area contributed by atoms with E-state index in [0.29, 0.717) is 0 Å². The molecule has 0 saturated carbocycles. The minimum atomic E-state index is -0.458. The normalized spacial score (nSPS) is 9.00. The molecule has 0 spiro atoms. The fourth-order valence-corrected chi connectivity index (χ4v) is 0. The zero-order valence-corrected chi connectivity index (χ0v) is 7.10. The third-order valence-corrected chi connectivity index (χ3v) is 0.865. The van der Waals surface area contributed by atoms with Gasteiger partial charge in [-0.2, -0.15) is 0 Å². The molecule has 0 radical (unpaired) electrons. The summed E-state index contributed by atoms with van der Waals surface area (Å²) >= 11 is 0. The van der Waals surface area contributed by atoms with Crippen LogP contribution in [0.25, 0.3) is 0 Å². The third kappa shape index (κ3) is 16.0. The number of hydrogen-bond acceptors (Lipinski definition) is 1. The molecule has 0 fully saturated rings. The molecule has 54 valence electrons. The van der Waals surface area contributed by atoms with Crippen molar-refractivity contribution in [3.63, 3.8) is 0 Å². The number of hydrogen-bond donors (Lipinski definition) is 1. The molecule has 0 rings (SSSR count). The molecular weight excluding hydrogens is 147 g/mol. The highest BCUT2D eigenvalue weighted by molar-refractivity contribution is 5.85. The Morgan fingerprint density at radius 1 is 1.25 bits per heavy atom. The summed E-state index contributed by atoms with van der Waals surface area (Å²) in [5.41, 5.74) is -0.458. The van der Waals surface area contributed by atoms with Crippen molar-refractivity contribution < 1.29 is 5.11 Å². The van der Waals surface area contributed by atoms with Gasteiger partial charge in [-0.1, -0.05) is 6.92 Å². The van der Waals surface area contributed by atoms with Crippen molar-refractivity contribution in [2.75, 3.05) is 0 Å². The van der Waals surface area contributed by atoms with Crippen LogP contribution < -0.4 is 0 Å². The second kappa shape index (κ2) is 5.67. The van der Waals surface area contributed by atoms with Crippen LogP contribution in [0, 0.1) is 0 Å². The average molecular weight is 161 g/mol. The van der Waals surface area contributed by atoms with Crippen molar-refractivity contribution in [1.82, 2.24) is 0 Å². The van der Waals surface area contributed by atoms with Crippen molar-refractivity contribution in [1.29, 1.82) is 0 Å². The van der Waals surface area contributed by atoms with E-state index < -0.39 is 5.60 Å². The van der Waals surface area contributed by atoms with Crippen LogP contribution in [-0.2, 0) is 0 Å². The summed E-state index contributed by atoms with van der Waals surface area (Å²) in [7, 11) is 0. The second-order valence-electron chi connectivity index (χ2n) is 2.17. The summed E-state index contributed by atoms with van der Waals surface area (Å²) in [4.78, 5) is 0. The lowest BCUT2D eigenvalue weighted by Gasteiger charge is -2.11. The predicted molar refractivity (Wildman–Crippen MR) is 41.1 cm³/mol. The molecule has 0 aliphatic carbocycles. The quantitative estimate of drug-likeness (QED) is 0.623. The Balaban J connectivity index is -0.000000125. The molecule has 0 atom stereocenters. The largest absolute Gasteiger partial charge is 0.390 e. The summed E-state index contributed by atoms with van der Waals surface area (Å²) in [5.74, 6) is 0. The van der Waals surface area contributed by atoms with Gasteiger partial charge in [-0.25, -0.2) is 0 Å². The average Bonchev–Trinajstić information content (AvgIpc) is 1.35. The molecule has 1 N–H and O–H groups in total. The van der Waals surface area contributed by atoms with Gasteiger partial charge in [-0.3, -0.25) is 0 Å². The first kappa shape index (κ1) is 15.8. The summed E-state index contributed by atoms with van der Waals surface area (Å²) in [6, 6.07) is 0. The molecule has 0 heterocycles. The van der Waals surface area contributed by atoms with E-state index in [2.05, 4.69) is 0 Å². The van der Waals surface area contributed by atoms with Crippen LogP contribution in [0.5, 0.6) is 0 Å². The Hall–Kier alpha value is 0.540. The van der Waals surface area contributed by atoms with Crippen LogP contribution in [0.3, 0.4) is 0 Å². The lowest BCUT2D eigenvalue weighted by atomic mass is 10.1. The van der Waals surface area contributed by atoms with Gasteiger partial charge in [0.1, 0.15) is 0 Å². The first-order chi connectivity index (χ1) is 2.56. The van der Waals surface area contributed by atoms with Gasteiger partial charge in [0.15, 0.2) is 0 Å². The van der Waals surface area contributed by atoms with Crippen LogP contribution in [0.2, 0.25) is 0 Å². The Morgan fingerprint density at radius 3 is 1.38 bits per heavy atom. The predicted octanol–water partition coefficient (Wildman–Crippen LogP) is 2.01. The molecule has 0 aromatic rings. The molecule has 1 nitrogen and oxygen atoms in total. The number of rotatable bonds is 1. The maximum Gasteiger partial charge on any atom is 0.0589 e. The van der Waals surface area contributed by atoms with Crippen LogP contribution in [0.15, 0.2) is 0 Å². The van der Waals surface area contributed by atoms with Gasteiger partial charge in [0.25, 0.3) is 0 Å². The van der Waals surface area contributed by atoms with Gasteiger partial charge >= 0.3 is 0 Å². The summed E-state index contributed by atoms with van der Waals surface area (Å²) in [6.07, 6.45) is 0.826. The van der Waals surface area contributed by atoms with Crippen molar-refractivity contribution in [3.05, 3.63) is 0 Å². The summed E-state index contributed by atoms with van der Waals surface area (Å²) < 4.78 is 0. The van der Waals surface area contributed by atoms with Crippen molar-refractivity contribution in [2.24, 2.45) is 0 Å². The lowest BCUT2D eigenvalue weighted by Crippen LogP contribution is -2.15. The van der Waals surface area contributed by atoms with E-state index in [4.69, 9.17) is 5.11 Å².